The van der Waals surface area contributed by atoms with E-state index in [0.29, 0.717) is 18.0 Å². The standard InChI is InChI=1S/C17H16ClNO2/c18-15-8-4-3-7-14(15)11-21-17(20)16-9-12-5-1-2-6-13(12)10-19-16/h1-8,16,19H,9-11H2/t16-/m1/s1. The Balaban J connectivity index is 1.61. The lowest BCUT2D eigenvalue weighted by molar-refractivity contribution is -0.147. The largest absolute Gasteiger partial charge is 0.460 e. The highest BCUT2D eigenvalue weighted by Crippen LogP contribution is 2.19. The van der Waals surface area contributed by atoms with Crippen LogP contribution in [0.3, 0.4) is 0 Å². The molecule has 0 unspecified atom stereocenters. The second-order valence-electron chi connectivity index (χ2n) is 5.11. The number of carbonyl (C=O) groups is 1. The number of hydrogen-bond donors (Lipinski definition) is 1. The summed E-state index contributed by atoms with van der Waals surface area (Å²) in [5.41, 5.74) is 3.27. The lowest BCUT2D eigenvalue weighted by atomic mass is 9.96. The number of hydrogen-bond acceptors (Lipinski definition) is 3. The van der Waals surface area contributed by atoms with Gasteiger partial charge in [0.25, 0.3) is 0 Å². The monoisotopic (exact) mass is 301 g/mol. The van der Waals surface area contributed by atoms with Crippen molar-refractivity contribution in [3.63, 3.8) is 0 Å². The lowest BCUT2D eigenvalue weighted by Gasteiger charge is -2.24. The number of ether oxygens (including phenoxy) is 1. The van der Waals surface area contributed by atoms with E-state index in [-0.39, 0.29) is 18.6 Å². The first kappa shape index (κ1) is 14.1. The minimum absolute atomic E-state index is 0.207. The van der Waals surface area contributed by atoms with E-state index >= 15 is 0 Å². The van der Waals surface area contributed by atoms with Crippen molar-refractivity contribution < 1.29 is 9.53 Å². The van der Waals surface area contributed by atoms with E-state index < -0.39 is 0 Å². The fourth-order valence-corrected chi connectivity index (χ4v) is 2.68. The van der Waals surface area contributed by atoms with Crippen molar-refractivity contribution in [2.75, 3.05) is 0 Å². The van der Waals surface area contributed by atoms with Crippen LogP contribution in [0.15, 0.2) is 48.5 Å². The van der Waals surface area contributed by atoms with Gasteiger partial charge in [0.2, 0.25) is 0 Å². The first-order valence-corrected chi connectivity index (χ1v) is 7.32. The Morgan fingerprint density at radius 1 is 1.14 bits per heavy atom. The average Bonchev–Trinajstić information content (AvgIpc) is 2.53. The minimum atomic E-state index is -0.289. The van der Waals surface area contributed by atoms with Crippen molar-refractivity contribution in [1.29, 1.82) is 0 Å². The second-order valence-corrected chi connectivity index (χ2v) is 5.51. The fraction of sp³-hybridized carbons (Fsp3) is 0.235. The summed E-state index contributed by atoms with van der Waals surface area (Å²) in [7, 11) is 0. The average molecular weight is 302 g/mol. The van der Waals surface area contributed by atoms with E-state index in [1.54, 1.807) is 6.07 Å². The van der Waals surface area contributed by atoms with Gasteiger partial charge in [-0.25, -0.2) is 0 Å². The SMILES string of the molecule is O=C(OCc1ccccc1Cl)[C@H]1Cc2ccccc2CN1. The van der Waals surface area contributed by atoms with Gasteiger partial charge in [0.05, 0.1) is 0 Å². The third kappa shape index (κ3) is 3.26. The molecule has 0 bridgehead atoms. The van der Waals surface area contributed by atoms with Crippen molar-refractivity contribution in [2.45, 2.75) is 25.6 Å². The van der Waals surface area contributed by atoms with Crippen LogP contribution >= 0.6 is 11.6 Å². The van der Waals surface area contributed by atoms with Crippen LogP contribution in [-0.4, -0.2) is 12.0 Å². The molecule has 0 saturated carbocycles. The van der Waals surface area contributed by atoms with E-state index in [1.807, 2.05) is 30.3 Å². The molecule has 0 aliphatic carbocycles. The van der Waals surface area contributed by atoms with E-state index in [4.69, 9.17) is 16.3 Å². The molecule has 3 nitrogen and oxygen atoms in total. The summed E-state index contributed by atoms with van der Waals surface area (Å²) in [4.78, 5) is 12.2. The van der Waals surface area contributed by atoms with Gasteiger partial charge in [-0.15, -0.1) is 0 Å². The van der Waals surface area contributed by atoms with Gasteiger partial charge >= 0.3 is 5.97 Å². The number of fused-ring (bicyclic) bond motifs is 1. The lowest BCUT2D eigenvalue weighted by Crippen LogP contribution is -2.42. The maximum atomic E-state index is 12.2. The Bertz CT molecular complexity index is 657. The Kier molecular flexibility index (Phi) is 4.23. The molecule has 0 radical (unpaired) electrons. The topological polar surface area (TPSA) is 38.3 Å². The summed E-state index contributed by atoms with van der Waals surface area (Å²) < 4.78 is 5.38. The summed E-state index contributed by atoms with van der Waals surface area (Å²) in [5.74, 6) is -0.232. The molecule has 4 heteroatoms. The predicted molar refractivity (Wildman–Crippen MR) is 82.0 cm³/mol. The van der Waals surface area contributed by atoms with Gasteiger partial charge < -0.3 is 10.1 Å². The van der Waals surface area contributed by atoms with Gasteiger partial charge in [0.15, 0.2) is 0 Å². The molecule has 1 atom stereocenters. The number of esters is 1. The van der Waals surface area contributed by atoms with E-state index in [0.717, 1.165) is 5.56 Å². The zero-order chi connectivity index (χ0) is 14.7. The van der Waals surface area contributed by atoms with Crippen LogP contribution < -0.4 is 5.32 Å². The molecule has 0 amide bonds. The zero-order valence-electron chi connectivity index (χ0n) is 11.5. The van der Waals surface area contributed by atoms with Crippen molar-refractivity contribution in [3.8, 4) is 0 Å². The number of carbonyl (C=O) groups excluding carboxylic acids is 1. The van der Waals surface area contributed by atoms with Crippen LogP contribution in [-0.2, 0) is 29.1 Å². The van der Waals surface area contributed by atoms with Crippen LogP contribution in [0.5, 0.6) is 0 Å². The summed E-state index contributed by atoms with van der Waals surface area (Å²) in [6.45, 7) is 0.903. The quantitative estimate of drug-likeness (QED) is 0.885. The zero-order valence-corrected chi connectivity index (χ0v) is 12.3. The Morgan fingerprint density at radius 3 is 2.67 bits per heavy atom. The van der Waals surface area contributed by atoms with E-state index in [1.165, 1.54) is 11.1 Å². The molecule has 21 heavy (non-hydrogen) atoms. The molecule has 2 aromatic rings. The molecule has 0 spiro atoms. The van der Waals surface area contributed by atoms with Gasteiger partial charge in [-0.3, -0.25) is 4.79 Å². The molecule has 2 aromatic carbocycles. The number of nitrogens with one attached hydrogen (secondary N) is 1. The second kappa shape index (κ2) is 6.29. The third-order valence-electron chi connectivity index (χ3n) is 3.69. The van der Waals surface area contributed by atoms with Crippen LogP contribution in [0.4, 0.5) is 0 Å². The van der Waals surface area contributed by atoms with Crippen LogP contribution in [0.1, 0.15) is 16.7 Å². The Labute approximate surface area is 128 Å². The number of rotatable bonds is 3. The van der Waals surface area contributed by atoms with Crippen LogP contribution in [0, 0.1) is 0 Å². The van der Waals surface area contributed by atoms with E-state index in [2.05, 4.69) is 17.4 Å². The minimum Gasteiger partial charge on any atom is -0.460 e. The highest BCUT2D eigenvalue weighted by molar-refractivity contribution is 6.31. The maximum absolute atomic E-state index is 12.2. The fourth-order valence-electron chi connectivity index (χ4n) is 2.49. The summed E-state index contributed by atoms with van der Waals surface area (Å²) in [5, 5.41) is 3.84. The van der Waals surface area contributed by atoms with Crippen molar-refractivity contribution in [2.24, 2.45) is 0 Å². The Morgan fingerprint density at radius 2 is 1.86 bits per heavy atom. The van der Waals surface area contributed by atoms with Gasteiger partial charge in [0, 0.05) is 17.1 Å². The van der Waals surface area contributed by atoms with Gasteiger partial charge in [-0.2, -0.15) is 0 Å². The highest BCUT2D eigenvalue weighted by atomic mass is 35.5. The van der Waals surface area contributed by atoms with Gasteiger partial charge in [0.1, 0.15) is 12.6 Å². The van der Waals surface area contributed by atoms with Gasteiger partial charge in [-0.1, -0.05) is 54.1 Å². The highest BCUT2D eigenvalue weighted by Gasteiger charge is 2.25. The molecule has 1 aliphatic heterocycles. The molecule has 3 rings (SSSR count). The maximum Gasteiger partial charge on any atom is 0.323 e. The molecular formula is C17H16ClNO2. The third-order valence-corrected chi connectivity index (χ3v) is 4.06. The van der Waals surface area contributed by atoms with Crippen LogP contribution in [0.2, 0.25) is 5.02 Å². The van der Waals surface area contributed by atoms with Crippen molar-refractivity contribution in [3.05, 3.63) is 70.2 Å². The predicted octanol–water partition coefficient (Wildman–Crippen LogP) is 3.10. The van der Waals surface area contributed by atoms with Crippen molar-refractivity contribution in [1.82, 2.24) is 5.32 Å². The number of benzene rings is 2. The Hall–Kier alpha value is -1.84. The van der Waals surface area contributed by atoms with Crippen molar-refractivity contribution >= 4 is 17.6 Å². The molecule has 1 heterocycles. The first-order chi connectivity index (χ1) is 10.2. The normalized spacial score (nSPS) is 17.1. The molecule has 0 aromatic heterocycles. The molecule has 1 N–H and O–H groups in total. The smallest absolute Gasteiger partial charge is 0.323 e. The van der Waals surface area contributed by atoms with Crippen LogP contribution in [0.25, 0.3) is 0 Å². The molecule has 0 fully saturated rings. The molecular weight excluding hydrogens is 286 g/mol. The van der Waals surface area contributed by atoms with E-state index in [9.17, 15) is 4.79 Å². The summed E-state index contributed by atoms with van der Waals surface area (Å²) >= 11 is 6.05. The first-order valence-electron chi connectivity index (χ1n) is 6.94. The molecule has 0 saturated heterocycles. The summed E-state index contributed by atoms with van der Waals surface area (Å²) in [6, 6.07) is 15.2. The van der Waals surface area contributed by atoms with Gasteiger partial charge in [-0.05, 0) is 23.6 Å². The molecule has 108 valence electrons. The number of halogens is 1. The molecule has 1 aliphatic rings. The summed E-state index contributed by atoms with van der Waals surface area (Å²) in [6.07, 6.45) is 0.664.